The number of likely N-dealkylation sites (N-methyl/N-ethyl adjacent to an activating group) is 1. The van der Waals surface area contributed by atoms with E-state index in [2.05, 4.69) is 12.6 Å². The molecule has 0 aliphatic carbocycles. The average molecular weight is 191 g/mol. The Morgan fingerprint density at radius 3 is 2.67 bits per heavy atom. The van der Waals surface area contributed by atoms with Crippen LogP contribution in [0, 0.1) is 0 Å². The number of carbonyl (C=O) groups excluding carboxylic acids is 1. The summed E-state index contributed by atoms with van der Waals surface area (Å²) in [5, 5.41) is -0.225. The molecule has 0 radical (unpaired) electrons. The van der Waals surface area contributed by atoms with Gasteiger partial charge in [0.25, 0.3) is 0 Å². The molecule has 0 aromatic heterocycles. The molecular formula is C8H17NO2S. The topological polar surface area (TPSA) is 29.5 Å². The monoisotopic (exact) mass is 191 g/mol. The fourth-order valence-corrected chi connectivity index (χ4v) is 0.972. The largest absolute Gasteiger partial charge is 0.380 e. The summed E-state index contributed by atoms with van der Waals surface area (Å²) >= 11 is 4.05. The Kier molecular flexibility index (Phi) is 6.20. The number of nitrogens with zero attached hydrogens (tertiary/aromatic N) is 1. The van der Waals surface area contributed by atoms with Gasteiger partial charge in [-0.1, -0.05) is 0 Å². The zero-order chi connectivity index (χ0) is 9.56. The summed E-state index contributed by atoms with van der Waals surface area (Å²) in [6.07, 6.45) is 0. The van der Waals surface area contributed by atoms with E-state index in [1.54, 1.807) is 18.9 Å². The first-order chi connectivity index (χ1) is 5.59. The van der Waals surface area contributed by atoms with E-state index in [-0.39, 0.29) is 11.2 Å². The molecule has 1 amide bonds. The van der Waals surface area contributed by atoms with E-state index in [0.29, 0.717) is 19.8 Å². The molecule has 0 rings (SSSR count). The van der Waals surface area contributed by atoms with E-state index >= 15 is 0 Å². The van der Waals surface area contributed by atoms with E-state index in [4.69, 9.17) is 4.74 Å². The second kappa shape index (κ2) is 6.31. The number of carbonyl (C=O) groups is 1. The number of rotatable bonds is 5. The van der Waals surface area contributed by atoms with Crippen LogP contribution in [0.2, 0.25) is 0 Å². The molecule has 0 fully saturated rings. The molecule has 72 valence electrons. The van der Waals surface area contributed by atoms with Crippen LogP contribution in [0.5, 0.6) is 0 Å². The zero-order valence-electron chi connectivity index (χ0n) is 7.91. The first kappa shape index (κ1) is 11.8. The van der Waals surface area contributed by atoms with Crippen LogP contribution in [0.15, 0.2) is 0 Å². The van der Waals surface area contributed by atoms with Gasteiger partial charge in [-0.25, -0.2) is 0 Å². The van der Waals surface area contributed by atoms with Gasteiger partial charge in [0, 0.05) is 20.2 Å². The van der Waals surface area contributed by atoms with E-state index in [1.165, 1.54) is 0 Å². The molecule has 0 aromatic rings. The van der Waals surface area contributed by atoms with Crippen LogP contribution in [0.3, 0.4) is 0 Å². The van der Waals surface area contributed by atoms with Crippen LogP contribution in [-0.2, 0) is 9.53 Å². The molecular weight excluding hydrogens is 174 g/mol. The maximum atomic E-state index is 11.2. The van der Waals surface area contributed by atoms with Gasteiger partial charge in [-0.15, -0.1) is 0 Å². The van der Waals surface area contributed by atoms with Gasteiger partial charge in [0.2, 0.25) is 5.91 Å². The summed E-state index contributed by atoms with van der Waals surface area (Å²) in [6.45, 7) is 5.63. The molecule has 0 aliphatic heterocycles. The average Bonchev–Trinajstić information content (AvgIpc) is 2.03. The maximum Gasteiger partial charge on any atom is 0.234 e. The lowest BCUT2D eigenvalue weighted by molar-refractivity contribution is -0.129. The SMILES string of the molecule is CCOCCN(C)C(=O)C(C)S. The quantitative estimate of drug-likeness (QED) is 0.514. The normalized spacial score (nSPS) is 12.7. The number of amides is 1. The van der Waals surface area contributed by atoms with Gasteiger partial charge in [-0.3, -0.25) is 4.79 Å². The Balaban J connectivity index is 3.57. The van der Waals surface area contributed by atoms with Crippen molar-refractivity contribution in [3.05, 3.63) is 0 Å². The molecule has 0 aliphatic rings. The third-order valence-electron chi connectivity index (χ3n) is 1.51. The van der Waals surface area contributed by atoms with Gasteiger partial charge >= 0.3 is 0 Å². The molecule has 1 atom stereocenters. The Labute approximate surface area is 79.5 Å². The van der Waals surface area contributed by atoms with Gasteiger partial charge in [-0.05, 0) is 13.8 Å². The van der Waals surface area contributed by atoms with Crippen molar-refractivity contribution in [2.75, 3.05) is 26.8 Å². The van der Waals surface area contributed by atoms with Crippen molar-refractivity contribution in [3.8, 4) is 0 Å². The molecule has 1 unspecified atom stereocenters. The molecule has 0 aromatic carbocycles. The third kappa shape index (κ3) is 4.62. The highest BCUT2D eigenvalue weighted by Crippen LogP contribution is 1.98. The maximum absolute atomic E-state index is 11.2. The molecule has 0 saturated carbocycles. The summed E-state index contributed by atoms with van der Waals surface area (Å²) in [5.74, 6) is 0.0398. The Morgan fingerprint density at radius 2 is 2.25 bits per heavy atom. The molecule has 0 bridgehead atoms. The van der Waals surface area contributed by atoms with Crippen LogP contribution in [0.25, 0.3) is 0 Å². The summed E-state index contributed by atoms with van der Waals surface area (Å²) in [7, 11) is 1.76. The van der Waals surface area contributed by atoms with Gasteiger partial charge in [0.15, 0.2) is 0 Å². The van der Waals surface area contributed by atoms with Crippen molar-refractivity contribution in [2.45, 2.75) is 19.1 Å². The zero-order valence-corrected chi connectivity index (χ0v) is 8.80. The molecule has 0 saturated heterocycles. The smallest absolute Gasteiger partial charge is 0.234 e. The fraction of sp³-hybridized carbons (Fsp3) is 0.875. The Morgan fingerprint density at radius 1 is 1.67 bits per heavy atom. The molecule has 4 heteroatoms. The lowest BCUT2D eigenvalue weighted by atomic mass is 10.4. The molecule has 3 nitrogen and oxygen atoms in total. The highest BCUT2D eigenvalue weighted by atomic mass is 32.1. The van der Waals surface area contributed by atoms with Gasteiger partial charge in [0.1, 0.15) is 0 Å². The van der Waals surface area contributed by atoms with Gasteiger partial charge < -0.3 is 9.64 Å². The van der Waals surface area contributed by atoms with Crippen molar-refractivity contribution in [2.24, 2.45) is 0 Å². The first-order valence-electron chi connectivity index (χ1n) is 4.10. The molecule has 12 heavy (non-hydrogen) atoms. The minimum absolute atomic E-state index is 0.0398. The molecule has 0 spiro atoms. The van der Waals surface area contributed by atoms with E-state index in [1.807, 2.05) is 6.92 Å². The van der Waals surface area contributed by atoms with Crippen molar-refractivity contribution >= 4 is 18.5 Å². The standard InChI is InChI=1S/C8H17NO2S/c1-4-11-6-5-9(3)8(10)7(2)12/h7,12H,4-6H2,1-3H3. The van der Waals surface area contributed by atoms with E-state index in [0.717, 1.165) is 0 Å². The van der Waals surface area contributed by atoms with Crippen LogP contribution in [0.4, 0.5) is 0 Å². The van der Waals surface area contributed by atoms with Gasteiger partial charge in [-0.2, -0.15) is 12.6 Å². The Bertz CT molecular complexity index is 139. The van der Waals surface area contributed by atoms with Crippen LogP contribution in [0.1, 0.15) is 13.8 Å². The highest BCUT2D eigenvalue weighted by molar-refractivity contribution is 7.81. The summed E-state index contributed by atoms with van der Waals surface area (Å²) in [4.78, 5) is 12.9. The minimum atomic E-state index is -0.225. The summed E-state index contributed by atoms with van der Waals surface area (Å²) in [5.41, 5.74) is 0. The van der Waals surface area contributed by atoms with Crippen molar-refractivity contribution < 1.29 is 9.53 Å². The van der Waals surface area contributed by atoms with Gasteiger partial charge in [0.05, 0.1) is 11.9 Å². The van der Waals surface area contributed by atoms with Crippen LogP contribution in [-0.4, -0.2) is 42.9 Å². The number of hydrogen-bond acceptors (Lipinski definition) is 3. The van der Waals surface area contributed by atoms with Crippen molar-refractivity contribution in [3.63, 3.8) is 0 Å². The second-order valence-electron chi connectivity index (χ2n) is 2.63. The first-order valence-corrected chi connectivity index (χ1v) is 4.62. The molecule has 0 heterocycles. The molecule has 0 N–H and O–H groups in total. The predicted octanol–water partition coefficient (Wildman–Crippen LogP) is 0.800. The lowest BCUT2D eigenvalue weighted by Gasteiger charge is -2.18. The Hall–Kier alpha value is -0.220. The minimum Gasteiger partial charge on any atom is -0.380 e. The number of ether oxygens (including phenoxy) is 1. The fourth-order valence-electron chi connectivity index (χ4n) is 0.775. The van der Waals surface area contributed by atoms with Crippen molar-refractivity contribution in [1.82, 2.24) is 4.90 Å². The predicted molar refractivity (Wildman–Crippen MR) is 52.6 cm³/mol. The number of thiol groups is 1. The van der Waals surface area contributed by atoms with Crippen molar-refractivity contribution in [1.29, 1.82) is 0 Å². The van der Waals surface area contributed by atoms with E-state index in [9.17, 15) is 4.79 Å². The van der Waals surface area contributed by atoms with Crippen LogP contribution < -0.4 is 0 Å². The summed E-state index contributed by atoms with van der Waals surface area (Å²) < 4.78 is 5.12. The summed E-state index contributed by atoms with van der Waals surface area (Å²) in [6, 6.07) is 0. The lowest BCUT2D eigenvalue weighted by Crippen LogP contribution is -2.34. The number of hydrogen-bond donors (Lipinski definition) is 1. The highest BCUT2D eigenvalue weighted by Gasteiger charge is 2.12. The third-order valence-corrected chi connectivity index (χ3v) is 1.73. The van der Waals surface area contributed by atoms with E-state index < -0.39 is 0 Å². The van der Waals surface area contributed by atoms with Crippen LogP contribution >= 0.6 is 12.6 Å². The second-order valence-corrected chi connectivity index (χ2v) is 3.41.